The van der Waals surface area contributed by atoms with Crippen LogP contribution in [0.4, 0.5) is 0 Å². The van der Waals surface area contributed by atoms with Gasteiger partial charge in [-0.2, -0.15) is 0 Å². The van der Waals surface area contributed by atoms with E-state index in [2.05, 4.69) is 30.8 Å². The lowest BCUT2D eigenvalue weighted by Gasteiger charge is -2.13. The highest BCUT2D eigenvalue weighted by Crippen LogP contribution is 2.22. The van der Waals surface area contributed by atoms with Crippen molar-refractivity contribution >= 4 is 15.9 Å². The Hall–Kier alpha value is -0.350. The van der Waals surface area contributed by atoms with Crippen molar-refractivity contribution in [3.05, 3.63) is 16.6 Å². The SMILES string of the molecule is Cc1ncc(Br)n1C1CCNC1. The quantitative estimate of drug-likeness (QED) is 0.792. The van der Waals surface area contributed by atoms with Gasteiger partial charge >= 0.3 is 0 Å². The Balaban J connectivity index is 2.30. The highest BCUT2D eigenvalue weighted by molar-refractivity contribution is 9.10. The third-order valence-electron chi connectivity index (χ3n) is 2.34. The second kappa shape index (κ2) is 3.18. The maximum absolute atomic E-state index is 4.25. The van der Waals surface area contributed by atoms with E-state index in [1.54, 1.807) is 0 Å². The number of hydrogen-bond donors (Lipinski definition) is 1. The van der Waals surface area contributed by atoms with Gasteiger partial charge in [0, 0.05) is 12.6 Å². The van der Waals surface area contributed by atoms with E-state index in [4.69, 9.17) is 0 Å². The van der Waals surface area contributed by atoms with Crippen molar-refractivity contribution in [3.8, 4) is 0 Å². The molecule has 1 aromatic rings. The van der Waals surface area contributed by atoms with Gasteiger partial charge in [-0.3, -0.25) is 0 Å². The van der Waals surface area contributed by atoms with E-state index < -0.39 is 0 Å². The minimum absolute atomic E-state index is 0.585. The van der Waals surface area contributed by atoms with E-state index in [-0.39, 0.29) is 0 Å². The van der Waals surface area contributed by atoms with Crippen molar-refractivity contribution in [2.75, 3.05) is 13.1 Å². The summed E-state index contributed by atoms with van der Waals surface area (Å²) in [6.45, 7) is 4.23. The van der Waals surface area contributed by atoms with Gasteiger partial charge in [-0.25, -0.2) is 4.98 Å². The fourth-order valence-corrected chi connectivity index (χ4v) is 2.37. The Morgan fingerprint density at radius 1 is 1.75 bits per heavy atom. The molecule has 12 heavy (non-hydrogen) atoms. The largest absolute Gasteiger partial charge is 0.319 e. The van der Waals surface area contributed by atoms with Gasteiger partial charge in [0.25, 0.3) is 0 Å². The van der Waals surface area contributed by atoms with Gasteiger partial charge in [-0.05, 0) is 35.8 Å². The first-order valence-corrected chi connectivity index (χ1v) is 4.98. The Bertz CT molecular complexity index is 256. The predicted octanol–water partition coefficient (Wildman–Crippen LogP) is 1.49. The van der Waals surface area contributed by atoms with Crippen LogP contribution in [0.2, 0.25) is 0 Å². The van der Waals surface area contributed by atoms with Crippen LogP contribution in [0.15, 0.2) is 10.8 Å². The molecule has 0 aliphatic carbocycles. The van der Waals surface area contributed by atoms with Crippen molar-refractivity contribution < 1.29 is 0 Å². The third kappa shape index (κ3) is 1.29. The van der Waals surface area contributed by atoms with Crippen molar-refractivity contribution in [1.82, 2.24) is 14.9 Å². The van der Waals surface area contributed by atoms with E-state index in [1.165, 1.54) is 6.42 Å². The van der Waals surface area contributed by atoms with Crippen molar-refractivity contribution in [2.45, 2.75) is 19.4 Å². The van der Waals surface area contributed by atoms with Gasteiger partial charge in [-0.15, -0.1) is 0 Å². The molecular weight excluding hydrogens is 218 g/mol. The van der Waals surface area contributed by atoms with Gasteiger partial charge in [0.2, 0.25) is 0 Å². The van der Waals surface area contributed by atoms with Crippen molar-refractivity contribution in [2.24, 2.45) is 0 Å². The first-order valence-electron chi connectivity index (χ1n) is 4.19. The lowest BCUT2D eigenvalue weighted by molar-refractivity contribution is 0.524. The number of imidazole rings is 1. The molecule has 1 aliphatic rings. The van der Waals surface area contributed by atoms with Crippen molar-refractivity contribution in [3.63, 3.8) is 0 Å². The average molecular weight is 230 g/mol. The summed E-state index contributed by atoms with van der Waals surface area (Å²) in [5.41, 5.74) is 0. The Morgan fingerprint density at radius 3 is 3.08 bits per heavy atom. The molecule has 0 radical (unpaired) electrons. The molecule has 0 spiro atoms. The van der Waals surface area contributed by atoms with E-state index in [1.807, 2.05) is 13.1 Å². The summed E-state index contributed by atoms with van der Waals surface area (Å²) < 4.78 is 3.34. The van der Waals surface area contributed by atoms with E-state index in [0.29, 0.717) is 6.04 Å². The topological polar surface area (TPSA) is 29.9 Å². The van der Waals surface area contributed by atoms with Gasteiger partial charge in [-0.1, -0.05) is 0 Å². The number of hydrogen-bond acceptors (Lipinski definition) is 2. The van der Waals surface area contributed by atoms with Crippen LogP contribution in [0.25, 0.3) is 0 Å². The zero-order chi connectivity index (χ0) is 8.55. The van der Waals surface area contributed by atoms with Gasteiger partial charge < -0.3 is 9.88 Å². The van der Waals surface area contributed by atoms with Crippen LogP contribution in [0, 0.1) is 6.92 Å². The number of aromatic nitrogens is 2. The Morgan fingerprint density at radius 2 is 2.58 bits per heavy atom. The van der Waals surface area contributed by atoms with Crippen LogP contribution < -0.4 is 5.32 Å². The van der Waals surface area contributed by atoms with Crippen LogP contribution in [0.3, 0.4) is 0 Å². The van der Waals surface area contributed by atoms with Gasteiger partial charge in [0.05, 0.1) is 6.20 Å². The smallest absolute Gasteiger partial charge is 0.106 e. The fourth-order valence-electron chi connectivity index (χ4n) is 1.72. The van der Waals surface area contributed by atoms with Crippen LogP contribution in [0.5, 0.6) is 0 Å². The molecule has 3 nitrogen and oxygen atoms in total. The van der Waals surface area contributed by atoms with E-state index in [0.717, 1.165) is 23.5 Å². The molecule has 0 amide bonds. The van der Waals surface area contributed by atoms with Crippen LogP contribution in [-0.4, -0.2) is 22.6 Å². The van der Waals surface area contributed by atoms with Crippen molar-refractivity contribution in [1.29, 1.82) is 0 Å². The number of rotatable bonds is 1. The molecule has 0 saturated carbocycles. The summed E-state index contributed by atoms with van der Waals surface area (Å²) in [7, 11) is 0. The monoisotopic (exact) mass is 229 g/mol. The summed E-state index contributed by atoms with van der Waals surface area (Å²) in [4.78, 5) is 4.25. The summed E-state index contributed by atoms with van der Waals surface area (Å²) >= 11 is 3.50. The number of nitrogens with zero attached hydrogens (tertiary/aromatic N) is 2. The lowest BCUT2D eigenvalue weighted by atomic mass is 10.2. The minimum Gasteiger partial charge on any atom is -0.319 e. The summed E-state index contributed by atoms with van der Waals surface area (Å²) in [6.07, 6.45) is 3.07. The number of aryl methyl sites for hydroxylation is 1. The molecule has 1 unspecified atom stereocenters. The maximum atomic E-state index is 4.25. The number of nitrogens with one attached hydrogen (secondary N) is 1. The molecule has 1 saturated heterocycles. The maximum Gasteiger partial charge on any atom is 0.106 e. The van der Waals surface area contributed by atoms with Crippen LogP contribution in [-0.2, 0) is 0 Å². The molecule has 4 heteroatoms. The van der Waals surface area contributed by atoms with Gasteiger partial charge in [0.15, 0.2) is 0 Å². The highest BCUT2D eigenvalue weighted by Gasteiger charge is 2.19. The average Bonchev–Trinajstić information content (AvgIpc) is 2.61. The third-order valence-corrected chi connectivity index (χ3v) is 2.92. The molecule has 2 rings (SSSR count). The Labute approximate surface area is 80.3 Å². The number of halogens is 1. The van der Waals surface area contributed by atoms with Gasteiger partial charge in [0.1, 0.15) is 10.4 Å². The molecule has 2 heterocycles. The molecule has 0 bridgehead atoms. The molecule has 1 atom stereocenters. The molecule has 1 N–H and O–H groups in total. The minimum atomic E-state index is 0.585. The molecule has 66 valence electrons. The summed E-state index contributed by atoms with van der Waals surface area (Å²) in [6, 6.07) is 0.585. The fraction of sp³-hybridized carbons (Fsp3) is 0.625. The lowest BCUT2D eigenvalue weighted by Crippen LogP contribution is -2.14. The predicted molar refractivity (Wildman–Crippen MR) is 51.2 cm³/mol. The molecule has 1 aromatic heterocycles. The molecule has 1 fully saturated rings. The molecule has 1 aliphatic heterocycles. The van der Waals surface area contributed by atoms with Crippen LogP contribution >= 0.6 is 15.9 Å². The molecule has 0 aromatic carbocycles. The standard InChI is InChI=1S/C8H12BrN3/c1-6-11-5-8(9)12(6)7-2-3-10-4-7/h5,7,10H,2-4H2,1H3. The zero-order valence-corrected chi connectivity index (χ0v) is 8.63. The zero-order valence-electron chi connectivity index (χ0n) is 7.05. The van der Waals surface area contributed by atoms with Crippen LogP contribution in [0.1, 0.15) is 18.3 Å². The first kappa shape index (κ1) is 8.26. The Kier molecular flexibility index (Phi) is 2.19. The highest BCUT2D eigenvalue weighted by atomic mass is 79.9. The second-order valence-electron chi connectivity index (χ2n) is 3.14. The van der Waals surface area contributed by atoms with E-state index >= 15 is 0 Å². The second-order valence-corrected chi connectivity index (χ2v) is 3.96. The van der Waals surface area contributed by atoms with E-state index in [9.17, 15) is 0 Å². The molecular formula is C8H12BrN3. The summed E-state index contributed by atoms with van der Waals surface area (Å²) in [5.74, 6) is 1.09. The summed E-state index contributed by atoms with van der Waals surface area (Å²) in [5, 5.41) is 3.35. The first-order chi connectivity index (χ1) is 5.79. The normalized spacial score (nSPS) is 23.3.